The first-order valence-corrected chi connectivity index (χ1v) is 12.0. The Hall–Kier alpha value is -4.35. The van der Waals surface area contributed by atoms with Crippen molar-refractivity contribution < 1.29 is 9.84 Å². The first-order valence-electron chi connectivity index (χ1n) is 12.0. The third-order valence-electron chi connectivity index (χ3n) is 6.21. The monoisotopic (exact) mass is 473 g/mol. The minimum absolute atomic E-state index is 0.0304. The minimum atomic E-state index is -0.764. The summed E-state index contributed by atoms with van der Waals surface area (Å²) in [5, 5.41) is 21.5. The molecule has 0 amide bonds. The Morgan fingerprint density at radius 1 is 0.667 bits per heavy atom. The number of rotatable bonds is 9. The Balaban J connectivity index is 1.70. The van der Waals surface area contributed by atoms with Crippen molar-refractivity contribution in [1.82, 2.24) is 0 Å². The molecule has 1 atom stereocenters. The van der Waals surface area contributed by atoms with E-state index in [0.717, 1.165) is 39.1 Å². The molecule has 0 fully saturated rings. The van der Waals surface area contributed by atoms with Crippen LogP contribution < -0.4 is 4.74 Å². The van der Waals surface area contributed by atoms with E-state index in [4.69, 9.17) is 4.74 Å². The Labute approximate surface area is 211 Å². The van der Waals surface area contributed by atoms with Gasteiger partial charge in [0.1, 0.15) is 12.4 Å². The first-order chi connectivity index (χ1) is 17.8. The van der Waals surface area contributed by atoms with Gasteiger partial charge in [-0.05, 0) is 33.6 Å². The number of aliphatic hydroxyl groups is 1. The van der Waals surface area contributed by atoms with Crippen LogP contribution in [-0.2, 0) is 0 Å². The van der Waals surface area contributed by atoms with E-state index in [1.165, 1.54) is 0 Å². The van der Waals surface area contributed by atoms with E-state index in [1.54, 1.807) is 6.21 Å². The van der Waals surface area contributed by atoms with Crippen LogP contribution in [-0.4, -0.2) is 30.1 Å². The first kappa shape index (κ1) is 23.4. The van der Waals surface area contributed by atoms with Gasteiger partial charge in [-0.2, -0.15) is 5.11 Å². The van der Waals surface area contributed by atoms with Gasteiger partial charge in [0.15, 0.2) is 5.54 Å². The molecule has 36 heavy (non-hydrogen) atoms. The lowest BCUT2D eigenvalue weighted by molar-refractivity contribution is 0.210. The summed E-state index contributed by atoms with van der Waals surface area (Å²) in [5.41, 5.74) is 5.71. The van der Waals surface area contributed by atoms with Gasteiger partial charge >= 0.3 is 0 Å². The molecule has 0 aromatic heterocycles. The van der Waals surface area contributed by atoms with Crippen LogP contribution in [0.3, 0.4) is 0 Å². The number of hydrogen-bond donors (Lipinski definition) is 1. The maximum Gasteiger partial charge on any atom is 0.156 e. The van der Waals surface area contributed by atoms with Crippen molar-refractivity contribution in [2.45, 2.75) is 12.0 Å². The van der Waals surface area contributed by atoms with Crippen molar-refractivity contribution in [3.05, 3.63) is 138 Å². The molecule has 1 unspecified atom stereocenters. The average molecular weight is 474 g/mol. The molecule has 178 valence electrons. The molecule has 0 saturated carbocycles. The van der Waals surface area contributed by atoms with Crippen LogP contribution in [0.1, 0.15) is 28.7 Å². The summed E-state index contributed by atoms with van der Waals surface area (Å²) in [6.45, 7) is 0.197. The number of aliphatic hydroxyl groups excluding tert-OH is 1. The van der Waals surface area contributed by atoms with Crippen molar-refractivity contribution in [1.29, 1.82) is 0 Å². The highest BCUT2D eigenvalue weighted by molar-refractivity contribution is 6.05. The van der Waals surface area contributed by atoms with Gasteiger partial charge in [-0.25, -0.2) is 0 Å². The number of para-hydroxylation sites is 1. The predicted octanol–water partition coefficient (Wildman–Crippen LogP) is 6.65. The molecule has 1 heterocycles. The second-order valence-electron chi connectivity index (χ2n) is 8.64. The number of ether oxygens (including phenoxy) is 1. The van der Waals surface area contributed by atoms with Gasteiger partial charge in [0.2, 0.25) is 0 Å². The minimum Gasteiger partial charge on any atom is -0.490 e. The zero-order chi connectivity index (χ0) is 24.6. The van der Waals surface area contributed by atoms with E-state index in [0.29, 0.717) is 6.42 Å². The molecule has 0 spiro atoms. The lowest BCUT2D eigenvalue weighted by Gasteiger charge is -2.23. The molecule has 1 N–H and O–H groups in total. The maximum absolute atomic E-state index is 9.58. The van der Waals surface area contributed by atoms with Crippen LogP contribution in [0.5, 0.6) is 5.75 Å². The van der Waals surface area contributed by atoms with Gasteiger partial charge in [-0.1, -0.05) is 109 Å². The molecular formula is C31H27N3O2. The fourth-order valence-electron chi connectivity index (χ4n) is 4.43. The molecule has 5 nitrogen and oxygen atoms in total. The van der Waals surface area contributed by atoms with E-state index in [9.17, 15) is 5.11 Å². The van der Waals surface area contributed by atoms with Crippen LogP contribution >= 0.6 is 0 Å². The third-order valence-corrected chi connectivity index (χ3v) is 6.21. The molecule has 4 aromatic rings. The summed E-state index contributed by atoms with van der Waals surface area (Å²) < 4.78 is 6.41. The SMILES string of the molecule is OCCC1(COc2ccccc2C(=C(c2ccccc2)c2ccccc2)c2ccccc2)C=NN=N1. The van der Waals surface area contributed by atoms with E-state index >= 15 is 0 Å². The van der Waals surface area contributed by atoms with Crippen LogP contribution in [0.25, 0.3) is 11.1 Å². The zero-order valence-corrected chi connectivity index (χ0v) is 19.9. The highest BCUT2D eigenvalue weighted by atomic mass is 16.5. The quantitative estimate of drug-likeness (QED) is 0.277. The summed E-state index contributed by atoms with van der Waals surface area (Å²) >= 11 is 0. The lowest BCUT2D eigenvalue weighted by atomic mass is 9.85. The van der Waals surface area contributed by atoms with E-state index in [-0.39, 0.29) is 13.2 Å². The number of benzene rings is 4. The van der Waals surface area contributed by atoms with Crippen LogP contribution in [0.15, 0.2) is 131 Å². The maximum atomic E-state index is 9.58. The molecule has 1 aliphatic heterocycles. The molecule has 1 aliphatic rings. The summed E-state index contributed by atoms with van der Waals surface area (Å²) in [6, 6.07) is 39.3. The standard InChI is InChI=1S/C31H27N3O2/c35-21-20-31(22-32-34-33-31)23-36-28-19-11-10-18-27(28)30(26-16-8-3-9-17-26)29(24-12-4-1-5-13-24)25-14-6-2-7-15-25/h1-19,22,35H,20-21,23H2. The molecule has 5 rings (SSSR count). The van der Waals surface area contributed by atoms with E-state index < -0.39 is 5.54 Å². The second kappa shape index (κ2) is 10.9. The summed E-state index contributed by atoms with van der Waals surface area (Å²) in [5.74, 6) is 0.730. The smallest absolute Gasteiger partial charge is 0.156 e. The molecule has 4 aromatic carbocycles. The van der Waals surface area contributed by atoms with Crippen molar-refractivity contribution in [3.63, 3.8) is 0 Å². The number of nitrogens with zero attached hydrogens (tertiary/aromatic N) is 3. The van der Waals surface area contributed by atoms with Crippen LogP contribution in [0, 0.1) is 0 Å². The fourth-order valence-corrected chi connectivity index (χ4v) is 4.43. The topological polar surface area (TPSA) is 66.5 Å². The van der Waals surface area contributed by atoms with Crippen LogP contribution in [0.2, 0.25) is 0 Å². The normalized spacial score (nSPS) is 16.1. The van der Waals surface area contributed by atoms with Gasteiger partial charge in [0.05, 0.1) is 6.21 Å². The summed E-state index contributed by atoms with van der Waals surface area (Å²) in [4.78, 5) is 0. The largest absolute Gasteiger partial charge is 0.490 e. The second-order valence-corrected chi connectivity index (χ2v) is 8.64. The molecule has 0 radical (unpaired) electrons. The van der Waals surface area contributed by atoms with Crippen molar-refractivity contribution in [2.75, 3.05) is 13.2 Å². The van der Waals surface area contributed by atoms with E-state index in [1.807, 2.05) is 36.4 Å². The van der Waals surface area contributed by atoms with Crippen molar-refractivity contribution >= 4 is 17.4 Å². The highest BCUT2D eigenvalue weighted by Crippen LogP contribution is 2.40. The molecule has 0 saturated heterocycles. The molecule has 0 aliphatic carbocycles. The Bertz CT molecular complexity index is 1330. The van der Waals surface area contributed by atoms with Gasteiger partial charge in [0, 0.05) is 24.2 Å². The molecule has 5 heteroatoms. The Morgan fingerprint density at radius 2 is 1.19 bits per heavy atom. The van der Waals surface area contributed by atoms with Crippen molar-refractivity contribution in [2.24, 2.45) is 15.4 Å². The zero-order valence-electron chi connectivity index (χ0n) is 19.9. The fraction of sp³-hybridized carbons (Fsp3) is 0.129. The van der Waals surface area contributed by atoms with Crippen LogP contribution in [0.4, 0.5) is 0 Å². The van der Waals surface area contributed by atoms with Crippen molar-refractivity contribution in [3.8, 4) is 5.75 Å². The van der Waals surface area contributed by atoms with Gasteiger partial charge in [-0.15, -0.1) is 5.10 Å². The lowest BCUT2D eigenvalue weighted by Crippen LogP contribution is -2.35. The Morgan fingerprint density at radius 3 is 1.72 bits per heavy atom. The Kier molecular flexibility index (Phi) is 7.10. The highest BCUT2D eigenvalue weighted by Gasteiger charge is 2.32. The third kappa shape index (κ3) is 5.02. The van der Waals surface area contributed by atoms with E-state index in [2.05, 4.69) is 94.3 Å². The summed E-state index contributed by atoms with van der Waals surface area (Å²) in [7, 11) is 0. The number of hydrogen-bond acceptors (Lipinski definition) is 5. The molecule has 0 bridgehead atoms. The van der Waals surface area contributed by atoms with Gasteiger partial charge in [-0.3, -0.25) is 0 Å². The predicted molar refractivity (Wildman–Crippen MR) is 144 cm³/mol. The van der Waals surface area contributed by atoms with Gasteiger partial charge in [0.25, 0.3) is 0 Å². The van der Waals surface area contributed by atoms with Gasteiger partial charge < -0.3 is 9.84 Å². The average Bonchev–Trinajstić information content (AvgIpc) is 3.41. The molecular weight excluding hydrogens is 446 g/mol. The summed E-state index contributed by atoms with van der Waals surface area (Å²) in [6.07, 6.45) is 2.04.